The van der Waals surface area contributed by atoms with E-state index in [9.17, 15) is 4.79 Å². The van der Waals surface area contributed by atoms with Crippen molar-refractivity contribution in [2.75, 3.05) is 0 Å². The van der Waals surface area contributed by atoms with Gasteiger partial charge in [0.1, 0.15) is 11.2 Å². The molecule has 0 aromatic rings. The Morgan fingerprint density at radius 3 is 2.48 bits per heavy atom. The molecule has 0 saturated carbocycles. The first-order valence-electron chi connectivity index (χ1n) is 7.95. The van der Waals surface area contributed by atoms with Gasteiger partial charge in [0.05, 0.1) is 0 Å². The van der Waals surface area contributed by atoms with Gasteiger partial charge in [0.15, 0.2) is 0 Å². The average Bonchev–Trinajstić information content (AvgIpc) is 3.03. The van der Waals surface area contributed by atoms with Crippen LogP contribution in [0.5, 0.6) is 0 Å². The summed E-state index contributed by atoms with van der Waals surface area (Å²) in [5.41, 5.74) is 1.46. The molecule has 124 valence electrons. The van der Waals surface area contributed by atoms with Crippen molar-refractivity contribution in [3.05, 3.63) is 59.8 Å². The number of allylic oxidation sites excluding steroid dienone is 7. The van der Waals surface area contributed by atoms with Crippen LogP contribution in [0.15, 0.2) is 59.8 Å². The van der Waals surface area contributed by atoms with Crippen LogP contribution in [0.2, 0.25) is 0 Å². The zero-order valence-electron chi connectivity index (χ0n) is 14.6. The van der Waals surface area contributed by atoms with E-state index < -0.39 is 5.97 Å². The lowest BCUT2D eigenvalue weighted by Gasteiger charge is -2.33. The molecule has 0 spiro atoms. The number of carboxylic acids is 1. The normalized spacial score (nSPS) is 33.3. The Morgan fingerprint density at radius 1 is 1.17 bits per heavy atom. The third kappa shape index (κ3) is 3.40. The fourth-order valence-corrected chi connectivity index (χ4v) is 3.33. The Morgan fingerprint density at radius 2 is 1.87 bits per heavy atom. The zero-order valence-corrected chi connectivity index (χ0v) is 14.6. The van der Waals surface area contributed by atoms with Crippen LogP contribution < -0.4 is 0 Å². The van der Waals surface area contributed by atoms with Crippen LogP contribution in [0.25, 0.3) is 0 Å². The van der Waals surface area contributed by atoms with Gasteiger partial charge in [-0.15, -0.1) is 0 Å². The number of hydrogen-bond donors (Lipinski definition) is 1. The van der Waals surface area contributed by atoms with Gasteiger partial charge < -0.3 is 9.84 Å². The fraction of sp³-hybridized carbons (Fsp3) is 0.450. The summed E-state index contributed by atoms with van der Waals surface area (Å²) in [6, 6.07) is 0. The van der Waals surface area contributed by atoms with E-state index in [1.54, 1.807) is 13.0 Å². The number of epoxide rings is 1. The van der Waals surface area contributed by atoms with Crippen molar-refractivity contribution in [3.8, 4) is 0 Å². The number of ether oxygens (including phenoxy) is 1. The summed E-state index contributed by atoms with van der Waals surface area (Å²) < 4.78 is 6.11. The summed E-state index contributed by atoms with van der Waals surface area (Å²) in [6.45, 7) is 10.4. The molecule has 0 aromatic carbocycles. The average molecular weight is 314 g/mol. The maximum absolute atomic E-state index is 10.6. The van der Waals surface area contributed by atoms with Crippen LogP contribution in [0.3, 0.4) is 0 Å². The fourth-order valence-electron chi connectivity index (χ4n) is 3.33. The molecule has 23 heavy (non-hydrogen) atoms. The molecule has 0 radical (unpaired) electrons. The molecule has 2 atom stereocenters. The van der Waals surface area contributed by atoms with Crippen molar-refractivity contribution >= 4 is 5.97 Å². The predicted octanol–water partition coefficient (Wildman–Crippen LogP) is 4.59. The third-order valence-electron chi connectivity index (χ3n) is 4.79. The zero-order chi connectivity index (χ0) is 17.3. The van der Waals surface area contributed by atoms with Gasteiger partial charge in [0.25, 0.3) is 0 Å². The number of hydrogen-bond acceptors (Lipinski definition) is 2. The SMILES string of the molecule is CC(C=CC12OC1(C)C=CCC2(C)C)=CC=CC(C)=CC(=O)O. The van der Waals surface area contributed by atoms with E-state index in [2.05, 4.69) is 45.1 Å². The number of fused-ring (bicyclic) bond motifs is 1. The molecular formula is C20H26O3. The van der Waals surface area contributed by atoms with Crippen molar-refractivity contribution in [1.29, 1.82) is 0 Å². The standard InChI is InChI=1S/C20H26O3/c1-15(8-6-9-16(2)14-17(21)22)10-13-20-18(3,4)11-7-12-19(20,5)23-20/h6-10,12-14H,11H2,1-5H3,(H,21,22). The van der Waals surface area contributed by atoms with Gasteiger partial charge in [-0.1, -0.05) is 55.9 Å². The largest absolute Gasteiger partial charge is 0.478 e. The minimum Gasteiger partial charge on any atom is -0.478 e. The molecular weight excluding hydrogens is 288 g/mol. The molecule has 2 unspecified atom stereocenters. The van der Waals surface area contributed by atoms with Crippen LogP contribution >= 0.6 is 0 Å². The molecule has 1 saturated heterocycles. The molecule has 1 N–H and O–H groups in total. The quantitative estimate of drug-likeness (QED) is 0.349. The van der Waals surface area contributed by atoms with Gasteiger partial charge in [0, 0.05) is 11.5 Å². The van der Waals surface area contributed by atoms with Gasteiger partial charge in [-0.05, 0) is 38.8 Å². The first-order valence-corrected chi connectivity index (χ1v) is 7.95. The minimum atomic E-state index is -0.926. The topological polar surface area (TPSA) is 49.8 Å². The highest BCUT2D eigenvalue weighted by atomic mass is 16.6. The molecule has 3 heteroatoms. The molecule has 2 aliphatic rings. The first kappa shape index (κ1) is 17.5. The van der Waals surface area contributed by atoms with Gasteiger partial charge in [-0.2, -0.15) is 0 Å². The van der Waals surface area contributed by atoms with Gasteiger partial charge in [-0.25, -0.2) is 4.79 Å². The molecule has 1 fully saturated rings. The number of carboxylic acid groups (broad SMARTS) is 1. The van der Waals surface area contributed by atoms with Crippen LogP contribution in [0.4, 0.5) is 0 Å². The van der Waals surface area contributed by atoms with Crippen molar-refractivity contribution < 1.29 is 14.6 Å². The van der Waals surface area contributed by atoms with Gasteiger partial charge in [-0.3, -0.25) is 0 Å². The van der Waals surface area contributed by atoms with Crippen molar-refractivity contribution in [3.63, 3.8) is 0 Å². The summed E-state index contributed by atoms with van der Waals surface area (Å²) in [5, 5.41) is 8.67. The molecule has 0 amide bonds. The monoisotopic (exact) mass is 314 g/mol. The number of rotatable bonds is 5. The highest BCUT2D eigenvalue weighted by Gasteiger charge is 2.71. The smallest absolute Gasteiger partial charge is 0.328 e. The minimum absolute atomic E-state index is 0.0733. The lowest BCUT2D eigenvalue weighted by molar-refractivity contribution is -0.131. The Labute approximate surface area is 138 Å². The lowest BCUT2D eigenvalue weighted by Crippen LogP contribution is -2.38. The second-order valence-corrected chi connectivity index (χ2v) is 7.26. The van der Waals surface area contributed by atoms with Gasteiger partial charge >= 0.3 is 5.97 Å². The summed E-state index contributed by atoms with van der Waals surface area (Å²) in [7, 11) is 0. The Kier molecular flexibility index (Phi) is 4.54. The van der Waals surface area contributed by atoms with E-state index in [1.807, 2.05) is 19.1 Å². The molecule has 1 aliphatic heterocycles. The van der Waals surface area contributed by atoms with E-state index in [1.165, 1.54) is 6.08 Å². The van der Waals surface area contributed by atoms with E-state index in [-0.39, 0.29) is 16.6 Å². The highest BCUT2D eigenvalue weighted by Crippen LogP contribution is 2.63. The molecule has 3 nitrogen and oxygen atoms in total. The Bertz CT molecular complexity index is 646. The predicted molar refractivity (Wildman–Crippen MR) is 93.2 cm³/mol. The van der Waals surface area contributed by atoms with Gasteiger partial charge in [0.2, 0.25) is 0 Å². The Hall–Kier alpha value is -1.87. The van der Waals surface area contributed by atoms with Crippen LogP contribution in [-0.4, -0.2) is 22.3 Å². The summed E-state index contributed by atoms with van der Waals surface area (Å²) in [5.74, 6) is -0.926. The second-order valence-electron chi connectivity index (χ2n) is 7.26. The van der Waals surface area contributed by atoms with Crippen molar-refractivity contribution in [2.45, 2.75) is 52.2 Å². The summed E-state index contributed by atoms with van der Waals surface area (Å²) >= 11 is 0. The summed E-state index contributed by atoms with van der Waals surface area (Å²) in [6.07, 6.45) is 16.5. The molecule has 2 rings (SSSR count). The molecule has 0 bridgehead atoms. The number of carbonyl (C=O) groups is 1. The van der Waals surface area contributed by atoms with E-state index in [4.69, 9.17) is 9.84 Å². The third-order valence-corrected chi connectivity index (χ3v) is 4.79. The lowest BCUT2D eigenvalue weighted by atomic mass is 9.67. The maximum Gasteiger partial charge on any atom is 0.328 e. The second kappa shape index (κ2) is 5.97. The van der Waals surface area contributed by atoms with E-state index in [0.717, 1.165) is 12.0 Å². The molecule has 1 aliphatic carbocycles. The van der Waals surface area contributed by atoms with Crippen LogP contribution in [-0.2, 0) is 9.53 Å². The molecule has 0 aromatic heterocycles. The molecule has 1 heterocycles. The van der Waals surface area contributed by atoms with Crippen molar-refractivity contribution in [2.24, 2.45) is 5.41 Å². The number of aliphatic carboxylic acids is 1. The Balaban J connectivity index is 2.09. The van der Waals surface area contributed by atoms with E-state index in [0.29, 0.717) is 5.57 Å². The highest BCUT2D eigenvalue weighted by molar-refractivity contribution is 5.81. The summed E-state index contributed by atoms with van der Waals surface area (Å²) in [4.78, 5) is 10.6. The van der Waals surface area contributed by atoms with Crippen molar-refractivity contribution in [1.82, 2.24) is 0 Å². The maximum atomic E-state index is 10.6. The van der Waals surface area contributed by atoms with Crippen LogP contribution in [0.1, 0.15) is 41.0 Å². The van der Waals surface area contributed by atoms with E-state index >= 15 is 0 Å². The first-order chi connectivity index (χ1) is 10.6. The van der Waals surface area contributed by atoms with Crippen LogP contribution in [0, 0.1) is 5.41 Å².